The second kappa shape index (κ2) is 6.48. The summed E-state index contributed by atoms with van der Waals surface area (Å²) < 4.78 is 36.0. The van der Waals surface area contributed by atoms with Crippen LogP contribution in [-0.2, 0) is 0 Å². The van der Waals surface area contributed by atoms with E-state index in [2.05, 4.69) is 20.8 Å². The van der Waals surface area contributed by atoms with Gasteiger partial charge in [-0.05, 0) is 36.0 Å². The van der Waals surface area contributed by atoms with Crippen LogP contribution in [0.3, 0.4) is 0 Å². The van der Waals surface area contributed by atoms with Crippen LogP contribution in [0, 0.1) is 0 Å². The summed E-state index contributed by atoms with van der Waals surface area (Å²) in [5.41, 5.74) is -4.14. The van der Waals surface area contributed by atoms with E-state index in [9.17, 15) is 13.2 Å². The second-order valence-corrected chi connectivity index (χ2v) is 8.89. The van der Waals surface area contributed by atoms with E-state index in [0.29, 0.717) is 0 Å². The number of hydrogen-bond donors (Lipinski definition) is 0. The zero-order chi connectivity index (χ0) is 13.8. The standard InChI is InChI=1S/C12H15F3S3/c1-11(2,3)18-10-6-4-9(5-7-10)16-8-17-12(13,14)15/h4-7H,8H2,1-3H3. The average molecular weight is 312 g/mol. The van der Waals surface area contributed by atoms with Gasteiger partial charge in [0.05, 0.1) is 5.08 Å². The zero-order valence-electron chi connectivity index (χ0n) is 10.4. The van der Waals surface area contributed by atoms with E-state index in [0.717, 1.165) is 9.79 Å². The van der Waals surface area contributed by atoms with Gasteiger partial charge < -0.3 is 0 Å². The van der Waals surface area contributed by atoms with Crippen molar-refractivity contribution in [3.8, 4) is 0 Å². The van der Waals surface area contributed by atoms with Crippen LogP contribution in [0.1, 0.15) is 20.8 Å². The molecule has 0 aliphatic rings. The van der Waals surface area contributed by atoms with E-state index in [1.807, 2.05) is 24.3 Å². The van der Waals surface area contributed by atoms with Crippen LogP contribution in [0.15, 0.2) is 34.1 Å². The number of alkyl halides is 3. The number of rotatable bonds is 4. The third kappa shape index (κ3) is 7.48. The van der Waals surface area contributed by atoms with Gasteiger partial charge in [0.15, 0.2) is 0 Å². The predicted molar refractivity (Wildman–Crippen MR) is 76.4 cm³/mol. The fourth-order valence-electron chi connectivity index (χ4n) is 1.12. The highest BCUT2D eigenvalue weighted by atomic mass is 32.2. The van der Waals surface area contributed by atoms with Gasteiger partial charge in [0.2, 0.25) is 0 Å². The molecule has 0 fully saturated rings. The first-order chi connectivity index (χ1) is 8.16. The Labute approximate surface area is 118 Å². The van der Waals surface area contributed by atoms with Crippen molar-refractivity contribution in [1.82, 2.24) is 0 Å². The lowest BCUT2D eigenvalue weighted by atomic mass is 10.3. The van der Waals surface area contributed by atoms with Crippen molar-refractivity contribution < 1.29 is 13.2 Å². The van der Waals surface area contributed by atoms with Crippen LogP contribution in [0.5, 0.6) is 0 Å². The minimum Gasteiger partial charge on any atom is -0.160 e. The number of halogens is 3. The first-order valence-electron chi connectivity index (χ1n) is 5.28. The molecule has 0 aliphatic heterocycles. The van der Waals surface area contributed by atoms with Crippen molar-refractivity contribution in [3.05, 3.63) is 24.3 Å². The van der Waals surface area contributed by atoms with Gasteiger partial charge in [-0.1, -0.05) is 20.8 Å². The van der Waals surface area contributed by atoms with Crippen molar-refractivity contribution in [2.75, 3.05) is 5.08 Å². The molecule has 0 aliphatic carbocycles. The number of benzene rings is 1. The SMILES string of the molecule is CC(C)(C)Sc1ccc(SCSC(F)(F)F)cc1. The van der Waals surface area contributed by atoms with Gasteiger partial charge >= 0.3 is 5.51 Å². The van der Waals surface area contributed by atoms with Crippen molar-refractivity contribution in [3.63, 3.8) is 0 Å². The lowest BCUT2D eigenvalue weighted by Gasteiger charge is -2.17. The Morgan fingerprint density at radius 1 is 0.944 bits per heavy atom. The maximum absolute atomic E-state index is 12.0. The average Bonchev–Trinajstić information content (AvgIpc) is 2.16. The number of thioether (sulfide) groups is 3. The van der Waals surface area contributed by atoms with Crippen molar-refractivity contribution in [2.45, 2.75) is 40.8 Å². The van der Waals surface area contributed by atoms with Gasteiger partial charge in [-0.25, -0.2) is 0 Å². The minimum atomic E-state index is -4.14. The molecule has 0 bridgehead atoms. The van der Waals surface area contributed by atoms with Crippen LogP contribution in [-0.4, -0.2) is 15.3 Å². The molecular weight excluding hydrogens is 297 g/mol. The van der Waals surface area contributed by atoms with Crippen molar-refractivity contribution >= 4 is 35.3 Å². The summed E-state index contributed by atoms with van der Waals surface area (Å²) in [5, 5.41) is -0.00470. The Hall–Kier alpha value is 0.0600. The quantitative estimate of drug-likeness (QED) is 0.503. The molecular formula is C12H15F3S3. The summed E-state index contributed by atoms with van der Waals surface area (Å²) in [6, 6.07) is 7.65. The Morgan fingerprint density at radius 2 is 1.44 bits per heavy atom. The molecule has 6 heteroatoms. The van der Waals surface area contributed by atoms with Crippen LogP contribution >= 0.6 is 35.3 Å². The highest BCUT2D eigenvalue weighted by Gasteiger charge is 2.27. The van der Waals surface area contributed by atoms with E-state index < -0.39 is 5.51 Å². The Balaban J connectivity index is 2.46. The van der Waals surface area contributed by atoms with E-state index >= 15 is 0 Å². The van der Waals surface area contributed by atoms with E-state index in [4.69, 9.17) is 0 Å². The molecule has 0 amide bonds. The van der Waals surface area contributed by atoms with Gasteiger partial charge in [0, 0.05) is 14.5 Å². The molecule has 0 spiro atoms. The molecule has 0 saturated heterocycles. The summed E-state index contributed by atoms with van der Waals surface area (Å²) in [4.78, 5) is 2.00. The van der Waals surface area contributed by atoms with Crippen molar-refractivity contribution in [1.29, 1.82) is 0 Å². The Morgan fingerprint density at radius 3 is 1.89 bits per heavy atom. The molecule has 0 unspecified atom stereocenters. The summed E-state index contributed by atoms with van der Waals surface area (Å²) >= 11 is 2.95. The number of hydrogen-bond acceptors (Lipinski definition) is 3. The molecule has 0 atom stereocenters. The highest BCUT2D eigenvalue weighted by molar-refractivity contribution is 8.16. The van der Waals surface area contributed by atoms with Crippen LogP contribution < -0.4 is 0 Å². The van der Waals surface area contributed by atoms with Crippen LogP contribution in [0.4, 0.5) is 13.2 Å². The monoisotopic (exact) mass is 312 g/mol. The third-order valence-electron chi connectivity index (χ3n) is 1.70. The molecule has 0 radical (unpaired) electrons. The highest BCUT2D eigenvalue weighted by Crippen LogP contribution is 2.36. The molecule has 0 nitrogen and oxygen atoms in total. The van der Waals surface area contributed by atoms with Gasteiger partial charge in [0.25, 0.3) is 0 Å². The van der Waals surface area contributed by atoms with Crippen molar-refractivity contribution in [2.24, 2.45) is 0 Å². The topological polar surface area (TPSA) is 0 Å². The second-order valence-electron chi connectivity index (χ2n) is 4.54. The smallest absolute Gasteiger partial charge is 0.160 e. The molecule has 1 rings (SSSR count). The molecule has 1 aromatic rings. The fraction of sp³-hybridized carbons (Fsp3) is 0.500. The largest absolute Gasteiger partial charge is 0.442 e. The molecule has 0 N–H and O–H groups in total. The van der Waals surface area contributed by atoms with Gasteiger partial charge in [-0.3, -0.25) is 0 Å². The van der Waals surface area contributed by atoms with E-state index in [1.54, 1.807) is 11.8 Å². The zero-order valence-corrected chi connectivity index (χ0v) is 12.8. The lowest BCUT2D eigenvalue weighted by Crippen LogP contribution is -2.06. The Kier molecular flexibility index (Phi) is 5.80. The summed E-state index contributed by atoms with van der Waals surface area (Å²) in [5.74, 6) is 0. The maximum Gasteiger partial charge on any atom is 0.442 e. The maximum atomic E-state index is 12.0. The summed E-state index contributed by atoms with van der Waals surface area (Å²) in [7, 11) is 0. The molecule has 18 heavy (non-hydrogen) atoms. The molecule has 102 valence electrons. The van der Waals surface area contributed by atoms with Gasteiger partial charge in [-0.2, -0.15) is 13.2 Å². The molecule has 0 aromatic heterocycles. The predicted octanol–water partition coefficient (Wildman–Crippen LogP) is 5.88. The molecule has 0 heterocycles. The fourth-order valence-corrected chi connectivity index (χ4v) is 3.74. The van der Waals surface area contributed by atoms with Crippen LogP contribution in [0.2, 0.25) is 0 Å². The Bertz CT molecular complexity index is 366. The van der Waals surface area contributed by atoms with E-state index in [1.165, 1.54) is 11.8 Å². The first-order valence-corrected chi connectivity index (χ1v) is 8.07. The molecule has 0 saturated carbocycles. The van der Waals surface area contributed by atoms with Gasteiger partial charge in [-0.15, -0.1) is 23.5 Å². The molecule has 1 aromatic carbocycles. The van der Waals surface area contributed by atoms with E-state index in [-0.39, 0.29) is 21.6 Å². The summed E-state index contributed by atoms with van der Waals surface area (Å²) in [6.07, 6.45) is 0. The van der Waals surface area contributed by atoms with Gasteiger partial charge in [0.1, 0.15) is 0 Å². The lowest BCUT2D eigenvalue weighted by molar-refractivity contribution is -0.0324. The normalized spacial score (nSPS) is 12.8. The minimum absolute atomic E-state index is 0.000372. The first kappa shape index (κ1) is 16.1. The summed E-state index contributed by atoms with van der Waals surface area (Å²) in [6.45, 7) is 6.38. The third-order valence-corrected chi connectivity index (χ3v) is 4.69. The van der Waals surface area contributed by atoms with Crippen LogP contribution in [0.25, 0.3) is 0 Å².